The van der Waals surface area contributed by atoms with E-state index in [2.05, 4.69) is 5.16 Å². The summed E-state index contributed by atoms with van der Waals surface area (Å²) in [4.78, 5) is 31.1. The molecular weight excluding hydrogens is 397 g/mol. The second-order valence-corrected chi connectivity index (χ2v) is 7.61. The van der Waals surface area contributed by atoms with E-state index in [-0.39, 0.29) is 24.6 Å². The highest BCUT2D eigenvalue weighted by Gasteiger charge is 2.36. The molecule has 3 rings (SSSR count). The lowest BCUT2D eigenvalue weighted by atomic mass is 10.1. The van der Waals surface area contributed by atoms with E-state index < -0.39 is 23.6 Å². The smallest absolute Gasteiger partial charge is 0.317 e. The van der Waals surface area contributed by atoms with Gasteiger partial charge in [-0.1, -0.05) is 42.8 Å². The zero-order valence-corrected chi connectivity index (χ0v) is 16.8. The molecule has 1 heterocycles. The summed E-state index contributed by atoms with van der Waals surface area (Å²) >= 11 is 0. The molecule has 0 fully saturated rings. The average molecular weight is 418 g/mol. The van der Waals surface area contributed by atoms with Gasteiger partial charge in [0.05, 0.1) is 24.2 Å². The fourth-order valence-electron chi connectivity index (χ4n) is 3.17. The van der Waals surface area contributed by atoms with Crippen LogP contribution in [0, 0.1) is 12.8 Å². The number of amides is 1. The first-order valence-corrected chi connectivity index (χ1v) is 9.43. The third-order valence-corrected chi connectivity index (χ3v) is 4.55. The van der Waals surface area contributed by atoms with Gasteiger partial charge in [-0.05, 0) is 42.7 Å². The fourth-order valence-corrected chi connectivity index (χ4v) is 3.17. The van der Waals surface area contributed by atoms with Crippen molar-refractivity contribution in [1.29, 1.82) is 0 Å². The Hall–Kier alpha value is -3.16. The van der Waals surface area contributed by atoms with Crippen LogP contribution in [0.1, 0.15) is 42.5 Å². The molecule has 2 aromatic rings. The van der Waals surface area contributed by atoms with Gasteiger partial charge in [0.1, 0.15) is 0 Å². The van der Waals surface area contributed by atoms with Crippen LogP contribution in [0.3, 0.4) is 0 Å². The highest BCUT2D eigenvalue weighted by Crippen LogP contribution is 2.33. The van der Waals surface area contributed by atoms with Crippen LogP contribution in [0.15, 0.2) is 47.6 Å². The van der Waals surface area contributed by atoms with Crippen LogP contribution in [0.4, 0.5) is 18.9 Å². The summed E-state index contributed by atoms with van der Waals surface area (Å²) < 4.78 is 39.1. The summed E-state index contributed by atoms with van der Waals surface area (Å²) in [5.74, 6) is -1.02. The normalized spacial score (nSPS) is 15.1. The van der Waals surface area contributed by atoms with E-state index in [4.69, 9.17) is 4.84 Å². The largest absolute Gasteiger partial charge is 0.416 e. The summed E-state index contributed by atoms with van der Waals surface area (Å²) in [5, 5.41) is 3.78. The Morgan fingerprint density at radius 3 is 2.57 bits per heavy atom. The number of benzene rings is 2. The minimum Gasteiger partial charge on any atom is -0.317 e. The molecule has 0 N–H and O–H groups in total. The van der Waals surface area contributed by atoms with Gasteiger partial charge in [-0.15, -0.1) is 0 Å². The summed E-state index contributed by atoms with van der Waals surface area (Å²) in [6.07, 6.45) is -4.32. The van der Waals surface area contributed by atoms with Gasteiger partial charge in [-0.2, -0.15) is 13.2 Å². The van der Waals surface area contributed by atoms with Crippen LogP contribution in [0.5, 0.6) is 0 Å². The van der Waals surface area contributed by atoms with E-state index in [0.717, 1.165) is 17.7 Å². The van der Waals surface area contributed by atoms with E-state index in [9.17, 15) is 22.8 Å². The van der Waals surface area contributed by atoms with Gasteiger partial charge in [-0.3, -0.25) is 4.79 Å². The molecule has 1 amide bonds. The molecule has 2 aromatic carbocycles. The van der Waals surface area contributed by atoms with Crippen molar-refractivity contribution in [2.75, 3.05) is 4.90 Å². The highest BCUT2D eigenvalue weighted by molar-refractivity contribution is 6.54. The summed E-state index contributed by atoms with van der Waals surface area (Å²) in [5.41, 5.74) is 1.34. The van der Waals surface area contributed by atoms with E-state index in [1.54, 1.807) is 18.2 Å². The van der Waals surface area contributed by atoms with Gasteiger partial charge < -0.3 is 9.74 Å². The predicted octanol–water partition coefficient (Wildman–Crippen LogP) is 4.85. The third kappa shape index (κ3) is 4.69. The van der Waals surface area contributed by atoms with Crippen molar-refractivity contribution in [3.63, 3.8) is 0 Å². The molecule has 0 aromatic heterocycles. The molecule has 1 aliphatic heterocycles. The zero-order chi connectivity index (χ0) is 22.1. The second-order valence-electron chi connectivity index (χ2n) is 7.61. The zero-order valence-electron chi connectivity index (χ0n) is 16.8. The number of hydrogen-bond donors (Lipinski definition) is 0. The first kappa shape index (κ1) is 21.5. The number of aryl methyl sites for hydroxylation is 1. The first-order chi connectivity index (χ1) is 14.1. The molecule has 30 heavy (non-hydrogen) atoms. The van der Waals surface area contributed by atoms with Crippen molar-refractivity contribution >= 4 is 23.3 Å². The Bertz CT molecular complexity index is 1010. The summed E-state index contributed by atoms with van der Waals surface area (Å²) in [6.45, 7) is 5.47. The lowest BCUT2D eigenvalue weighted by Crippen LogP contribution is -2.30. The maximum absolute atomic E-state index is 13.0. The maximum Gasteiger partial charge on any atom is 0.416 e. The first-order valence-electron chi connectivity index (χ1n) is 9.43. The number of nitrogens with zero attached hydrogens (tertiary/aromatic N) is 2. The highest BCUT2D eigenvalue weighted by atomic mass is 19.4. The number of anilines is 1. The van der Waals surface area contributed by atoms with Crippen molar-refractivity contribution in [3.8, 4) is 0 Å². The maximum atomic E-state index is 13.0. The molecule has 8 heteroatoms. The Morgan fingerprint density at radius 1 is 1.17 bits per heavy atom. The summed E-state index contributed by atoms with van der Waals surface area (Å²) in [6, 6.07) is 10.0. The molecule has 0 aliphatic carbocycles. The van der Waals surface area contributed by atoms with Gasteiger partial charge in [0.2, 0.25) is 0 Å². The lowest BCUT2D eigenvalue weighted by Gasteiger charge is -2.18. The lowest BCUT2D eigenvalue weighted by molar-refractivity contribution is -0.144. The Morgan fingerprint density at radius 2 is 1.90 bits per heavy atom. The van der Waals surface area contributed by atoms with Crippen LogP contribution in [-0.4, -0.2) is 17.6 Å². The van der Waals surface area contributed by atoms with Crippen LogP contribution in [0.2, 0.25) is 0 Å². The van der Waals surface area contributed by atoms with Crippen LogP contribution in [-0.2, 0) is 27.1 Å². The molecule has 0 radical (unpaired) electrons. The second kappa shape index (κ2) is 8.30. The van der Waals surface area contributed by atoms with E-state index in [1.807, 2.05) is 20.8 Å². The minimum absolute atomic E-state index is 0.0437. The van der Waals surface area contributed by atoms with Gasteiger partial charge >= 0.3 is 12.1 Å². The van der Waals surface area contributed by atoms with Gasteiger partial charge in [0.25, 0.3) is 5.91 Å². The topological polar surface area (TPSA) is 59.0 Å². The number of fused-ring (bicyclic) bond motifs is 1. The molecule has 0 atom stereocenters. The molecule has 1 aliphatic rings. The number of alkyl halides is 3. The number of carbonyl (C=O) groups excluding carboxylic acids is 2. The van der Waals surface area contributed by atoms with Crippen molar-refractivity contribution in [3.05, 3.63) is 64.7 Å². The SMILES string of the molecule is Cc1ccc2c(c1)/C(=N/OC(=O)CC(C)C)C(=O)N2Cc1cccc(C(F)(F)F)c1. The fraction of sp³-hybridized carbons (Fsp3) is 0.318. The van der Waals surface area contributed by atoms with E-state index in [0.29, 0.717) is 16.8 Å². The Kier molecular flexibility index (Phi) is 5.96. The average Bonchev–Trinajstić information content (AvgIpc) is 2.90. The standard InChI is InChI=1S/C22H21F3N2O3/c1-13(2)9-19(28)30-26-20-17-10-14(3)7-8-18(17)27(21(20)29)12-15-5-4-6-16(11-15)22(23,24)25/h4-8,10-11,13H,9,12H2,1-3H3/b26-20-. The van der Waals surface area contributed by atoms with Crippen LogP contribution in [0.25, 0.3) is 0 Å². The Labute approximate surface area is 172 Å². The predicted molar refractivity (Wildman–Crippen MR) is 106 cm³/mol. The molecule has 5 nitrogen and oxygen atoms in total. The number of oxime groups is 1. The van der Waals surface area contributed by atoms with Crippen molar-refractivity contribution in [1.82, 2.24) is 0 Å². The van der Waals surface area contributed by atoms with Crippen molar-refractivity contribution < 1.29 is 27.6 Å². The molecule has 158 valence electrons. The van der Waals surface area contributed by atoms with Gasteiger partial charge in [0, 0.05) is 5.56 Å². The molecular formula is C22H21F3N2O3. The van der Waals surface area contributed by atoms with E-state index >= 15 is 0 Å². The molecule has 0 bridgehead atoms. The molecule has 0 saturated carbocycles. The quantitative estimate of drug-likeness (QED) is 0.515. The number of rotatable bonds is 5. The third-order valence-electron chi connectivity index (χ3n) is 4.55. The molecule has 0 spiro atoms. The van der Waals surface area contributed by atoms with Crippen molar-refractivity contribution in [2.24, 2.45) is 11.1 Å². The summed E-state index contributed by atoms with van der Waals surface area (Å²) in [7, 11) is 0. The number of carbonyl (C=O) groups is 2. The van der Waals surface area contributed by atoms with Gasteiger partial charge in [-0.25, -0.2) is 4.79 Å². The number of halogens is 3. The van der Waals surface area contributed by atoms with Gasteiger partial charge in [0.15, 0.2) is 5.71 Å². The van der Waals surface area contributed by atoms with E-state index in [1.165, 1.54) is 17.0 Å². The Balaban J connectivity index is 1.92. The number of hydrogen-bond acceptors (Lipinski definition) is 4. The van der Waals surface area contributed by atoms with Crippen molar-refractivity contribution in [2.45, 2.75) is 39.9 Å². The van der Waals surface area contributed by atoms with Crippen LogP contribution < -0.4 is 4.90 Å². The molecule has 0 unspecified atom stereocenters. The molecule has 0 saturated heterocycles. The monoisotopic (exact) mass is 418 g/mol. The minimum atomic E-state index is -4.47. The van der Waals surface area contributed by atoms with Crippen LogP contribution >= 0.6 is 0 Å².